The van der Waals surface area contributed by atoms with Gasteiger partial charge < -0.3 is 10.2 Å². The number of hydrogen-bond donors (Lipinski definition) is 1. The summed E-state index contributed by atoms with van der Waals surface area (Å²) in [6.07, 6.45) is 4.43. The number of nitriles is 1. The Hall–Kier alpha value is -3.33. The topological polar surface area (TPSA) is 59.4 Å². The minimum absolute atomic E-state index is 0.219. The van der Waals surface area contributed by atoms with E-state index in [-0.39, 0.29) is 6.03 Å². The third-order valence-corrected chi connectivity index (χ3v) is 6.81. The van der Waals surface area contributed by atoms with Crippen molar-refractivity contribution in [1.29, 1.82) is 5.26 Å². The summed E-state index contributed by atoms with van der Waals surface area (Å²) in [5.74, 6) is 0.740. The van der Waals surface area contributed by atoms with Crippen LogP contribution < -0.4 is 10.2 Å². The SMILES string of the molecule is N#Cc1cccc(N(CCCN2CCC(Cc3ccccc3)CC2)C(=O)Nc2ccc(Cl)cc2)c1. The van der Waals surface area contributed by atoms with Gasteiger partial charge in [-0.1, -0.05) is 48.0 Å². The Labute approximate surface area is 212 Å². The minimum Gasteiger partial charge on any atom is -0.308 e. The molecule has 1 aliphatic heterocycles. The Morgan fingerprint density at radius 1 is 1.03 bits per heavy atom. The molecule has 1 N–H and O–H groups in total. The largest absolute Gasteiger partial charge is 0.326 e. The Kier molecular flexibility index (Phi) is 8.78. The van der Waals surface area contributed by atoms with Crippen molar-refractivity contribution in [1.82, 2.24) is 4.90 Å². The number of piperidine rings is 1. The van der Waals surface area contributed by atoms with E-state index in [1.165, 1.54) is 18.4 Å². The van der Waals surface area contributed by atoms with E-state index in [4.69, 9.17) is 11.6 Å². The van der Waals surface area contributed by atoms with Crippen LogP contribution in [0.5, 0.6) is 0 Å². The Balaban J connectivity index is 1.32. The minimum atomic E-state index is -0.219. The second-order valence-electron chi connectivity index (χ2n) is 9.08. The number of carbonyl (C=O) groups is 1. The number of amides is 2. The molecule has 0 saturated carbocycles. The molecule has 1 saturated heterocycles. The summed E-state index contributed by atoms with van der Waals surface area (Å²) in [7, 11) is 0. The molecule has 0 spiro atoms. The van der Waals surface area contributed by atoms with Gasteiger partial charge in [-0.05, 0) is 99.3 Å². The standard InChI is InChI=1S/C29H31ClN4O/c30-26-10-12-27(13-11-26)32-29(35)34(28-9-4-8-25(21-28)22-31)17-5-16-33-18-14-24(15-19-33)20-23-6-2-1-3-7-23/h1-4,6-13,21,24H,5,14-20H2,(H,32,35). The molecule has 5 nitrogen and oxygen atoms in total. The predicted octanol–water partition coefficient (Wildman–Crippen LogP) is 6.59. The Bertz CT molecular complexity index is 1140. The fourth-order valence-corrected chi connectivity index (χ4v) is 4.76. The molecule has 2 amide bonds. The summed E-state index contributed by atoms with van der Waals surface area (Å²) < 4.78 is 0. The molecule has 3 aromatic carbocycles. The highest BCUT2D eigenvalue weighted by Crippen LogP contribution is 2.23. The first-order valence-corrected chi connectivity index (χ1v) is 12.6. The van der Waals surface area contributed by atoms with E-state index < -0.39 is 0 Å². The molecule has 6 heteroatoms. The van der Waals surface area contributed by atoms with Crippen LogP contribution in [0.2, 0.25) is 5.02 Å². The zero-order valence-corrected chi connectivity index (χ0v) is 20.6. The van der Waals surface area contributed by atoms with Crippen LogP contribution in [-0.2, 0) is 6.42 Å². The number of rotatable bonds is 8. The molecule has 180 valence electrons. The first-order valence-electron chi connectivity index (χ1n) is 12.2. The summed E-state index contributed by atoms with van der Waals surface area (Å²) in [5, 5.41) is 12.9. The van der Waals surface area contributed by atoms with E-state index in [1.54, 1.807) is 41.3 Å². The molecule has 0 aliphatic carbocycles. The van der Waals surface area contributed by atoms with E-state index in [9.17, 15) is 10.1 Å². The van der Waals surface area contributed by atoms with Crippen LogP contribution >= 0.6 is 11.6 Å². The fraction of sp³-hybridized carbons (Fsp3) is 0.310. The van der Waals surface area contributed by atoms with E-state index in [2.05, 4.69) is 46.6 Å². The van der Waals surface area contributed by atoms with Gasteiger partial charge in [0.15, 0.2) is 0 Å². The van der Waals surface area contributed by atoms with Crippen molar-refractivity contribution < 1.29 is 4.79 Å². The highest BCUT2D eigenvalue weighted by molar-refractivity contribution is 6.30. The first kappa shape index (κ1) is 24.8. The van der Waals surface area contributed by atoms with Gasteiger partial charge in [0.05, 0.1) is 11.6 Å². The maximum atomic E-state index is 13.2. The van der Waals surface area contributed by atoms with Crippen molar-refractivity contribution in [3.05, 3.63) is 95.0 Å². The van der Waals surface area contributed by atoms with Gasteiger partial charge in [-0.2, -0.15) is 5.26 Å². The van der Waals surface area contributed by atoms with E-state index in [0.29, 0.717) is 22.8 Å². The summed E-state index contributed by atoms with van der Waals surface area (Å²) >= 11 is 5.97. The number of carbonyl (C=O) groups excluding carboxylic acids is 1. The normalized spacial score (nSPS) is 14.3. The van der Waals surface area contributed by atoms with Gasteiger partial charge in [0.2, 0.25) is 0 Å². The van der Waals surface area contributed by atoms with Gasteiger partial charge in [0.25, 0.3) is 0 Å². The molecule has 1 aliphatic rings. The lowest BCUT2D eigenvalue weighted by molar-refractivity contribution is 0.183. The maximum absolute atomic E-state index is 13.2. The van der Waals surface area contributed by atoms with Crippen molar-refractivity contribution in [2.24, 2.45) is 5.92 Å². The molecule has 3 aromatic rings. The summed E-state index contributed by atoms with van der Waals surface area (Å²) in [6, 6.07) is 26.9. The van der Waals surface area contributed by atoms with Crippen molar-refractivity contribution in [3.63, 3.8) is 0 Å². The predicted molar refractivity (Wildman–Crippen MR) is 143 cm³/mol. The molecule has 0 atom stereocenters. The fourth-order valence-electron chi connectivity index (χ4n) is 4.63. The van der Waals surface area contributed by atoms with Crippen LogP contribution in [0.15, 0.2) is 78.9 Å². The number of hydrogen-bond acceptors (Lipinski definition) is 3. The number of nitrogens with zero attached hydrogens (tertiary/aromatic N) is 3. The molecular weight excluding hydrogens is 456 g/mol. The average molecular weight is 487 g/mol. The van der Waals surface area contributed by atoms with Crippen molar-refractivity contribution in [3.8, 4) is 6.07 Å². The zero-order valence-electron chi connectivity index (χ0n) is 19.9. The monoisotopic (exact) mass is 486 g/mol. The average Bonchev–Trinajstić information content (AvgIpc) is 2.89. The van der Waals surface area contributed by atoms with Crippen LogP contribution in [0.3, 0.4) is 0 Å². The van der Waals surface area contributed by atoms with Crippen molar-refractivity contribution in [2.75, 3.05) is 36.4 Å². The van der Waals surface area contributed by atoms with Crippen molar-refractivity contribution in [2.45, 2.75) is 25.7 Å². The van der Waals surface area contributed by atoms with E-state index >= 15 is 0 Å². The number of anilines is 2. The van der Waals surface area contributed by atoms with Crippen LogP contribution in [0.4, 0.5) is 16.2 Å². The molecule has 0 aromatic heterocycles. The third-order valence-electron chi connectivity index (χ3n) is 6.56. The van der Waals surface area contributed by atoms with E-state index in [1.807, 2.05) is 12.1 Å². The lowest BCUT2D eigenvalue weighted by Gasteiger charge is -2.32. The van der Waals surface area contributed by atoms with E-state index in [0.717, 1.165) is 44.1 Å². The number of urea groups is 1. The first-order chi connectivity index (χ1) is 17.1. The molecule has 0 bridgehead atoms. The number of likely N-dealkylation sites (tertiary alicyclic amines) is 1. The van der Waals surface area contributed by atoms with Gasteiger partial charge in [0, 0.05) is 22.9 Å². The second-order valence-corrected chi connectivity index (χ2v) is 9.52. The quantitative estimate of drug-likeness (QED) is 0.390. The molecule has 4 rings (SSSR count). The van der Waals surface area contributed by atoms with Crippen LogP contribution in [-0.4, -0.2) is 37.1 Å². The van der Waals surface area contributed by atoms with Crippen LogP contribution in [0.25, 0.3) is 0 Å². The molecular formula is C29H31ClN4O. The lowest BCUT2D eigenvalue weighted by atomic mass is 9.90. The van der Waals surface area contributed by atoms with Crippen LogP contribution in [0.1, 0.15) is 30.4 Å². The lowest BCUT2D eigenvalue weighted by Crippen LogP contribution is -2.39. The summed E-state index contributed by atoms with van der Waals surface area (Å²) in [4.78, 5) is 17.4. The number of halogens is 1. The highest BCUT2D eigenvalue weighted by atomic mass is 35.5. The second kappa shape index (κ2) is 12.4. The van der Waals surface area contributed by atoms with Gasteiger partial charge in [-0.3, -0.25) is 4.90 Å². The van der Waals surface area contributed by atoms with Gasteiger partial charge >= 0.3 is 6.03 Å². The van der Waals surface area contributed by atoms with Crippen LogP contribution in [0, 0.1) is 17.2 Å². The molecule has 0 radical (unpaired) electrons. The zero-order chi connectivity index (χ0) is 24.5. The van der Waals surface area contributed by atoms with Gasteiger partial charge in [0.1, 0.15) is 0 Å². The Morgan fingerprint density at radius 3 is 2.49 bits per heavy atom. The highest BCUT2D eigenvalue weighted by Gasteiger charge is 2.21. The smallest absolute Gasteiger partial charge is 0.308 e. The molecule has 35 heavy (non-hydrogen) atoms. The third kappa shape index (κ3) is 7.32. The Morgan fingerprint density at radius 2 is 1.77 bits per heavy atom. The maximum Gasteiger partial charge on any atom is 0.326 e. The number of nitrogens with one attached hydrogen (secondary N) is 1. The summed E-state index contributed by atoms with van der Waals surface area (Å²) in [5.41, 5.74) is 3.36. The van der Waals surface area contributed by atoms with Gasteiger partial charge in [-0.15, -0.1) is 0 Å². The molecule has 1 heterocycles. The summed E-state index contributed by atoms with van der Waals surface area (Å²) in [6.45, 7) is 3.70. The van der Waals surface area contributed by atoms with Gasteiger partial charge in [-0.25, -0.2) is 4.79 Å². The number of benzene rings is 3. The molecule has 0 unspecified atom stereocenters. The van der Waals surface area contributed by atoms with Crippen molar-refractivity contribution >= 4 is 29.0 Å². The molecule has 1 fully saturated rings.